The molecule has 0 spiro atoms. The molecule has 11 heteroatoms. The molecule has 0 radical (unpaired) electrons. The van der Waals surface area contributed by atoms with E-state index in [1.807, 2.05) is 18.2 Å². The molecule has 2 aromatic heterocycles. The molecule has 0 unspecified atom stereocenters. The van der Waals surface area contributed by atoms with Crippen molar-refractivity contribution in [1.29, 1.82) is 0 Å². The van der Waals surface area contributed by atoms with E-state index in [4.69, 9.17) is 5.73 Å². The minimum Gasteiger partial charge on any atom is -0.507 e. The highest BCUT2D eigenvalue weighted by Gasteiger charge is 2.51. The van der Waals surface area contributed by atoms with Crippen LogP contribution in [0.4, 0.5) is 26.1 Å². The Balaban J connectivity index is 1.29. The molecule has 1 aromatic carbocycles. The molecule has 198 valence electrons. The van der Waals surface area contributed by atoms with Crippen molar-refractivity contribution >= 4 is 17.3 Å². The van der Waals surface area contributed by atoms with Crippen LogP contribution in [0.2, 0.25) is 0 Å². The minimum atomic E-state index is -2.64. The Kier molecular flexibility index (Phi) is 6.99. The van der Waals surface area contributed by atoms with E-state index in [2.05, 4.69) is 48.7 Å². The van der Waals surface area contributed by atoms with Gasteiger partial charge in [-0.05, 0) is 50.5 Å². The van der Waals surface area contributed by atoms with E-state index >= 15 is 0 Å². The molecular weight excluding hydrogens is 490 g/mol. The number of nitrogens with two attached hydrogens (primary N) is 1. The number of likely N-dealkylation sites (tertiary alicyclic amines) is 1. The summed E-state index contributed by atoms with van der Waals surface area (Å²) in [6.45, 7) is 5.74. The number of rotatable bonds is 4. The molecule has 2 fully saturated rings. The standard InChI is InChI=1S/C27H30F2N8O/c1-18-10-13-35(22-16-21(33-34-26(22)30)20-6-3-4-7-23(20)38)14-15-37(18)25-9-11-31-24(32-25)8-5-12-36-17-27(28,29)19(36)2/h3-4,6-7,9,11,16,18-19,38H,10,12-15,17H2,1-2H3,(H2,30,34)/t18-,19+/m0/s1. The molecule has 0 bridgehead atoms. The quantitative estimate of drug-likeness (QED) is 0.502. The number of aromatic nitrogens is 4. The third-order valence-electron chi connectivity index (χ3n) is 7.27. The van der Waals surface area contributed by atoms with Gasteiger partial charge in [0.2, 0.25) is 5.82 Å². The molecule has 9 nitrogen and oxygen atoms in total. The van der Waals surface area contributed by atoms with Gasteiger partial charge in [0.1, 0.15) is 11.6 Å². The van der Waals surface area contributed by atoms with Gasteiger partial charge in [0.15, 0.2) is 5.82 Å². The summed E-state index contributed by atoms with van der Waals surface area (Å²) in [5, 5.41) is 18.6. The zero-order valence-corrected chi connectivity index (χ0v) is 21.3. The van der Waals surface area contributed by atoms with Gasteiger partial charge in [0.05, 0.1) is 30.5 Å². The van der Waals surface area contributed by atoms with E-state index in [1.54, 1.807) is 29.3 Å². The van der Waals surface area contributed by atoms with Crippen molar-refractivity contribution < 1.29 is 13.9 Å². The van der Waals surface area contributed by atoms with Crippen LogP contribution in [0.5, 0.6) is 5.75 Å². The normalized spacial score (nSPS) is 21.3. The summed E-state index contributed by atoms with van der Waals surface area (Å²) in [5.41, 5.74) is 8.14. The molecule has 0 amide bonds. The lowest BCUT2D eigenvalue weighted by Crippen LogP contribution is -2.63. The summed E-state index contributed by atoms with van der Waals surface area (Å²) in [4.78, 5) is 14.9. The van der Waals surface area contributed by atoms with E-state index in [1.165, 1.54) is 6.92 Å². The average molecular weight is 521 g/mol. The number of hydrogen-bond donors (Lipinski definition) is 2. The first-order valence-corrected chi connectivity index (χ1v) is 12.6. The molecule has 3 aromatic rings. The monoisotopic (exact) mass is 520 g/mol. The molecule has 0 aliphatic carbocycles. The minimum absolute atomic E-state index is 0.133. The summed E-state index contributed by atoms with van der Waals surface area (Å²) in [5.74, 6) is 4.80. The maximum Gasteiger partial charge on any atom is 0.275 e. The van der Waals surface area contributed by atoms with Crippen LogP contribution in [-0.4, -0.2) is 80.9 Å². The number of benzene rings is 1. The van der Waals surface area contributed by atoms with E-state index < -0.39 is 12.0 Å². The number of nitrogens with zero attached hydrogens (tertiary/aromatic N) is 7. The van der Waals surface area contributed by atoms with Crippen LogP contribution in [0.3, 0.4) is 0 Å². The lowest BCUT2D eigenvalue weighted by Gasteiger charge is -2.44. The van der Waals surface area contributed by atoms with Gasteiger partial charge in [-0.25, -0.2) is 18.7 Å². The van der Waals surface area contributed by atoms with Gasteiger partial charge in [0, 0.05) is 37.4 Å². The zero-order valence-electron chi connectivity index (χ0n) is 21.3. The van der Waals surface area contributed by atoms with Crippen LogP contribution in [0.15, 0.2) is 42.6 Å². The number of nitrogen functional groups attached to an aromatic ring is 1. The van der Waals surface area contributed by atoms with Crippen LogP contribution >= 0.6 is 0 Å². The Morgan fingerprint density at radius 2 is 1.95 bits per heavy atom. The first-order valence-electron chi connectivity index (χ1n) is 12.6. The highest BCUT2D eigenvalue weighted by molar-refractivity contribution is 5.74. The van der Waals surface area contributed by atoms with Gasteiger partial charge in [-0.15, -0.1) is 10.2 Å². The average Bonchev–Trinajstić information content (AvgIpc) is 3.10. The van der Waals surface area contributed by atoms with Gasteiger partial charge in [-0.2, -0.15) is 0 Å². The van der Waals surface area contributed by atoms with E-state index in [9.17, 15) is 13.9 Å². The van der Waals surface area contributed by atoms with Gasteiger partial charge in [-0.1, -0.05) is 18.1 Å². The molecule has 2 saturated heterocycles. The van der Waals surface area contributed by atoms with Crippen molar-refractivity contribution in [3.05, 3.63) is 48.4 Å². The second-order valence-electron chi connectivity index (χ2n) is 9.72. The van der Waals surface area contributed by atoms with Crippen LogP contribution < -0.4 is 15.5 Å². The summed E-state index contributed by atoms with van der Waals surface area (Å²) >= 11 is 0. The summed E-state index contributed by atoms with van der Waals surface area (Å²) in [6, 6.07) is 10.1. The third kappa shape index (κ3) is 5.17. The predicted molar refractivity (Wildman–Crippen MR) is 142 cm³/mol. The second kappa shape index (κ2) is 10.4. The first-order chi connectivity index (χ1) is 18.2. The highest BCUT2D eigenvalue weighted by Crippen LogP contribution is 2.34. The molecule has 4 heterocycles. The third-order valence-corrected chi connectivity index (χ3v) is 7.27. The molecule has 0 saturated carbocycles. The Morgan fingerprint density at radius 1 is 1.13 bits per heavy atom. The summed E-state index contributed by atoms with van der Waals surface area (Å²) in [6.07, 6.45) is 2.52. The Hall–Kier alpha value is -4.04. The van der Waals surface area contributed by atoms with Crippen LogP contribution in [-0.2, 0) is 0 Å². The number of halogens is 2. The highest BCUT2D eigenvalue weighted by atomic mass is 19.3. The summed E-state index contributed by atoms with van der Waals surface area (Å²) in [7, 11) is 0. The number of anilines is 3. The van der Waals surface area contributed by atoms with Crippen LogP contribution in [0.25, 0.3) is 11.3 Å². The van der Waals surface area contributed by atoms with Crippen LogP contribution in [0, 0.1) is 11.8 Å². The number of aromatic hydroxyl groups is 1. The smallest absolute Gasteiger partial charge is 0.275 e. The van der Waals surface area contributed by atoms with Crippen LogP contribution in [0.1, 0.15) is 26.1 Å². The van der Waals surface area contributed by atoms with Crippen molar-refractivity contribution in [3.63, 3.8) is 0 Å². The molecule has 38 heavy (non-hydrogen) atoms. The number of phenolic OH excluding ortho intramolecular Hbond substituents is 1. The second-order valence-corrected chi connectivity index (χ2v) is 9.72. The van der Waals surface area contributed by atoms with Crippen molar-refractivity contribution in [2.75, 3.05) is 48.3 Å². The van der Waals surface area contributed by atoms with Gasteiger partial charge in [-0.3, -0.25) is 4.90 Å². The van der Waals surface area contributed by atoms with Crippen molar-refractivity contribution in [2.24, 2.45) is 0 Å². The fraction of sp³-hybridized carbons (Fsp3) is 0.407. The largest absolute Gasteiger partial charge is 0.507 e. The number of para-hydroxylation sites is 1. The van der Waals surface area contributed by atoms with Gasteiger partial charge in [0.25, 0.3) is 5.92 Å². The number of alkyl halides is 2. The molecule has 2 atom stereocenters. The maximum atomic E-state index is 13.4. The molecule has 3 N–H and O–H groups in total. The Morgan fingerprint density at radius 3 is 2.71 bits per heavy atom. The number of hydrogen-bond acceptors (Lipinski definition) is 9. The van der Waals surface area contributed by atoms with Crippen molar-refractivity contribution in [2.45, 2.75) is 38.3 Å². The zero-order chi connectivity index (χ0) is 26.9. The fourth-order valence-electron chi connectivity index (χ4n) is 4.78. The van der Waals surface area contributed by atoms with Gasteiger partial charge >= 0.3 is 0 Å². The fourth-order valence-corrected chi connectivity index (χ4v) is 4.78. The molecule has 2 aliphatic heterocycles. The first kappa shape index (κ1) is 25.6. The van der Waals surface area contributed by atoms with E-state index in [0.717, 1.165) is 24.5 Å². The molecule has 2 aliphatic rings. The van der Waals surface area contributed by atoms with Crippen molar-refractivity contribution in [1.82, 2.24) is 25.1 Å². The van der Waals surface area contributed by atoms with Crippen molar-refractivity contribution in [3.8, 4) is 28.8 Å². The Labute approximate surface area is 220 Å². The lowest BCUT2D eigenvalue weighted by atomic mass is 10.0. The number of phenols is 1. The maximum absolute atomic E-state index is 13.4. The molecular formula is C27H30F2N8O. The lowest BCUT2D eigenvalue weighted by molar-refractivity contribution is -0.171. The Bertz CT molecular complexity index is 1370. The topological polar surface area (TPSA) is 108 Å². The van der Waals surface area contributed by atoms with Gasteiger partial charge < -0.3 is 20.6 Å². The van der Waals surface area contributed by atoms with E-state index in [0.29, 0.717) is 36.0 Å². The molecule has 5 rings (SSSR count). The summed E-state index contributed by atoms with van der Waals surface area (Å²) < 4.78 is 26.8. The van der Waals surface area contributed by atoms with E-state index in [-0.39, 0.29) is 24.9 Å². The SMILES string of the molecule is C[C@H]1CCN(c2cc(-c3ccccc3O)nnc2N)CCN1c1ccnc(C#CCN2CC(F)(F)[C@H]2C)n1. The predicted octanol–water partition coefficient (Wildman–Crippen LogP) is 3.02.